The summed E-state index contributed by atoms with van der Waals surface area (Å²) in [5, 5.41) is 0. The van der Waals surface area contributed by atoms with E-state index < -0.39 is 18.2 Å². The number of likely N-dealkylation sites (tertiary alicyclic amines) is 1. The van der Waals surface area contributed by atoms with Crippen molar-refractivity contribution in [3.63, 3.8) is 0 Å². The van der Waals surface area contributed by atoms with Gasteiger partial charge in [0, 0.05) is 6.54 Å². The van der Waals surface area contributed by atoms with Gasteiger partial charge in [-0.15, -0.1) is 0 Å². The van der Waals surface area contributed by atoms with Crippen molar-refractivity contribution in [2.24, 2.45) is 0 Å². The van der Waals surface area contributed by atoms with Crippen LogP contribution in [-0.2, 0) is 4.79 Å². The van der Waals surface area contributed by atoms with E-state index in [1.807, 2.05) is 13.0 Å². The number of hydrogen-bond acceptors (Lipinski definition) is 3. The summed E-state index contributed by atoms with van der Waals surface area (Å²) in [5.74, 6) is -1.37. The fourth-order valence-electron chi connectivity index (χ4n) is 2.32. The summed E-state index contributed by atoms with van der Waals surface area (Å²) >= 11 is 0. The van der Waals surface area contributed by atoms with Crippen molar-refractivity contribution in [3.05, 3.63) is 23.8 Å². The predicted molar refractivity (Wildman–Crippen MR) is 71.9 cm³/mol. The summed E-state index contributed by atoms with van der Waals surface area (Å²) in [5.41, 5.74) is 7.16. The minimum atomic E-state index is -4.84. The average molecular weight is 302 g/mol. The van der Waals surface area contributed by atoms with E-state index in [9.17, 15) is 18.0 Å². The number of amides is 1. The second kappa shape index (κ2) is 5.83. The van der Waals surface area contributed by atoms with E-state index in [0.29, 0.717) is 24.3 Å². The molecule has 1 aliphatic rings. The molecule has 0 bridgehead atoms. The maximum Gasteiger partial charge on any atom is 0.471 e. The molecule has 1 saturated heterocycles. The fourth-order valence-corrected chi connectivity index (χ4v) is 2.32. The van der Waals surface area contributed by atoms with Crippen LogP contribution in [0, 0.1) is 6.92 Å². The average Bonchev–Trinajstić information content (AvgIpc) is 2.41. The molecule has 1 atom stereocenters. The van der Waals surface area contributed by atoms with Gasteiger partial charge in [-0.2, -0.15) is 13.2 Å². The van der Waals surface area contributed by atoms with E-state index in [2.05, 4.69) is 0 Å². The lowest BCUT2D eigenvalue weighted by Gasteiger charge is -2.33. The number of anilines is 1. The Bertz CT molecular complexity index is 531. The van der Waals surface area contributed by atoms with Crippen molar-refractivity contribution in [2.45, 2.75) is 32.0 Å². The van der Waals surface area contributed by atoms with Gasteiger partial charge in [-0.25, -0.2) is 0 Å². The zero-order valence-electron chi connectivity index (χ0n) is 11.6. The number of ether oxygens (including phenoxy) is 1. The minimum absolute atomic E-state index is 0.0777. The van der Waals surface area contributed by atoms with Crippen molar-refractivity contribution >= 4 is 11.6 Å². The van der Waals surface area contributed by atoms with Crippen molar-refractivity contribution in [1.82, 2.24) is 4.90 Å². The van der Waals surface area contributed by atoms with Crippen LogP contribution in [0.1, 0.15) is 18.4 Å². The van der Waals surface area contributed by atoms with Gasteiger partial charge in [-0.1, -0.05) is 6.07 Å². The summed E-state index contributed by atoms with van der Waals surface area (Å²) in [4.78, 5) is 12.1. The number of alkyl halides is 3. The third-order valence-corrected chi connectivity index (χ3v) is 3.37. The van der Waals surface area contributed by atoms with Gasteiger partial charge in [0.05, 0.1) is 12.2 Å². The number of carbonyl (C=O) groups excluding carboxylic acids is 1. The molecule has 0 aromatic heterocycles. The number of piperidine rings is 1. The Labute approximate surface area is 120 Å². The van der Waals surface area contributed by atoms with E-state index in [1.165, 1.54) is 0 Å². The second-order valence-corrected chi connectivity index (χ2v) is 5.17. The summed E-state index contributed by atoms with van der Waals surface area (Å²) in [6, 6.07) is 5.24. The van der Waals surface area contributed by atoms with Crippen LogP contribution in [-0.4, -0.2) is 36.2 Å². The third-order valence-electron chi connectivity index (χ3n) is 3.37. The van der Waals surface area contributed by atoms with Crippen LogP contribution >= 0.6 is 0 Å². The first-order chi connectivity index (χ1) is 9.77. The molecule has 1 unspecified atom stereocenters. The van der Waals surface area contributed by atoms with Gasteiger partial charge >= 0.3 is 12.1 Å². The highest BCUT2D eigenvalue weighted by Gasteiger charge is 2.43. The van der Waals surface area contributed by atoms with Crippen LogP contribution in [0.4, 0.5) is 18.9 Å². The van der Waals surface area contributed by atoms with Crippen molar-refractivity contribution in [2.75, 3.05) is 18.8 Å². The smallest absolute Gasteiger partial charge is 0.471 e. The van der Waals surface area contributed by atoms with Crippen LogP contribution < -0.4 is 10.5 Å². The first-order valence-corrected chi connectivity index (χ1v) is 6.66. The van der Waals surface area contributed by atoms with E-state index in [4.69, 9.17) is 10.5 Å². The topological polar surface area (TPSA) is 55.6 Å². The molecule has 1 heterocycles. The Morgan fingerprint density at radius 2 is 2.14 bits per heavy atom. The highest BCUT2D eigenvalue weighted by Crippen LogP contribution is 2.27. The number of aryl methyl sites for hydroxylation is 1. The quantitative estimate of drug-likeness (QED) is 0.854. The number of nitrogen functional groups attached to an aromatic ring is 1. The largest absolute Gasteiger partial charge is 0.486 e. The normalized spacial score (nSPS) is 19.4. The Kier molecular flexibility index (Phi) is 4.29. The highest BCUT2D eigenvalue weighted by molar-refractivity contribution is 5.82. The van der Waals surface area contributed by atoms with E-state index in [1.54, 1.807) is 12.1 Å². The zero-order valence-corrected chi connectivity index (χ0v) is 11.6. The third kappa shape index (κ3) is 3.80. The summed E-state index contributed by atoms with van der Waals surface area (Å²) in [6.07, 6.45) is -4.26. The molecule has 0 radical (unpaired) electrons. The predicted octanol–water partition coefficient (Wildman–Crippen LogP) is 2.51. The lowest BCUT2D eigenvalue weighted by Crippen LogP contribution is -2.49. The summed E-state index contributed by atoms with van der Waals surface area (Å²) < 4.78 is 43.0. The molecule has 0 spiro atoms. The van der Waals surface area contributed by atoms with Crippen LogP contribution in [0.15, 0.2) is 18.2 Å². The summed E-state index contributed by atoms with van der Waals surface area (Å²) in [7, 11) is 0. The molecule has 1 aliphatic heterocycles. The SMILES string of the molecule is Cc1ccc(N)c(OC2CCCN(C(=O)C(F)(F)F)C2)c1. The molecule has 0 aliphatic carbocycles. The molecule has 1 fully saturated rings. The fraction of sp³-hybridized carbons (Fsp3) is 0.500. The first kappa shape index (κ1) is 15.5. The number of rotatable bonds is 2. The Morgan fingerprint density at radius 1 is 1.43 bits per heavy atom. The van der Waals surface area contributed by atoms with Crippen molar-refractivity contribution in [3.8, 4) is 5.75 Å². The standard InChI is InChI=1S/C14H17F3N2O2/c1-9-4-5-11(18)12(7-9)21-10-3-2-6-19(8-10)13(20)14(15,16)17/h4-5,7,10H,2-3,6,8,18H2,1H3. The van der Waals surface area contributed by atoms with E-state index in [0.717, 1.165) is 10.5 Å². The van der Waals surface area contributed by atoms with Gasteiger partial charge in [0.15, 0.2) is 0 Å². The van der Waals surface area contributed by atoms with Gasteiger partial charge in [-0.3, -0.25) is 4.79 Å². The Hall–Kier alpha value is -1.92. The van der Waals surface area contributed by atoms with E-state index >= 15 is 0 Å². The monoisotopic (exact) mass is 302 g/mol. The van der Waals surface area contributed by atoms with Gasteiger partial charge in [0.1, 0.15) is 11.9 Å². The minimum Gasteiger partial charge on any atom is -0.486 e. The molecule has 1 aromatic rings. The molecule has 116 valence electrons. The molecule has 4 nitrogen and oxygen atoms in total. The Morgan fingerprint density at radius 3 is 2.81 bits per heavy atom. The summed E-state index contributed by atoms with van der Waals surface area (Å²) in [6.45, 7) is 1.89. The lowest BCUT2D eigenvalue weighted by atomic mass is 10.1. The lowest BCUT2D eigenvalue weighted by molar-refractivity contribution is -0.187. The van der Waals surface area contributed by atoms with Crippen molar-refractivity contribution in [1.29, 1.82) is 0 Å². The molecule has 1 aromatic carbocycles. The van der Waals surface area contributed by atoms with Gasteiger partial charge in [0.25, 0.3) is 0 Å². The van der Waals surface area contributed by atoms with Gasteiger partial charge in [-0.05, 0) is 37.5 Å². The number of hydrogen-bond donors (Lipinski definition) is 1. The molecule has 0 saturated carbocycles. The number of halogens is 3. The maximum absolute atomic E-state index is 12.5. The van der Waals surface area contributed by atoms with Crippen LogP contribution in [0.3, 0.4) is 0 Å². The highest BCUT2D eigenvalue weighted by atomic mass is 19.4. The van der Waals surface area contributed by atoms with Crippen molar-refractivity contribution < 1.29 is 22.7 Å². The number of nitrogens with two attached hydrogens (primary N) is 1. The van der Waals surface area contributed by atoms with Gasteiger partial charge < -0.3 is 15.4 Å². The van der Waals surface area contributed by atoms with Crippen LogP contribution in [0.5, 0.6) is 5.75 Å². The first-order valence-electron chi connectivity index (χ1n) is 6.66. The van der Waals surface area contributed by atoms with E-state index in [-0.39, 0.29) is 13.1 Å². The van der Waals surface area contributed by atoms with Crippen LogP contribution in [0.25, 0.3) is 0 Å². The molecule has 21 heavy (non-hydrogen) atoms. The number of benzene rings is 1. The number of carbonyl (C=O) groups is 1. The molecule has 2 rings (SSSR count). The molecular weight excluding hydrogens is 285 g/mol. The molecule has 2 N–H and O–H groups in total. The van der Waals surface area contributed by atoms with Crippen LogP contribution in [0.2, 0.25) is 0 Å². The van der Waals surface area contributed by atoms with Gasteiger partial charge in [0.2, 0.25) is 0 Å². The Balaban J connectivity index is 2.05. The number of nitrogens with zero attached hydrogens (tertiary/aromatic N) is 1. The molecular formula is C14H17F3N2O2. The maximum atomic E-state index is 12.5. The molecule has 7 heteroatoms. The zero-order chi connectivity index (χ0) is 15.6. The second-order valence-electron chi connectivity index (χ2n) is 5.17. The molecule has 1 amide bonds.